The van der Waals surface area contributed by atoms with E-state index in [4.69, 9.17) is 4.74 Å². The quantitative estimate of drug-likeness (QED) is 0.509. The van der Waals surface area contributed by atoms with E-state index in [0.29, 0.717) is 5.56 Å². The summed E-state index contributed by atoms with van der Waals surface area (Å²) < 4.78 is 14.8. The molecule has 0 fully saturated rings. The summed E-state index contributed by atoms with van der Waals surface area (Å²) in [4.78, 5) is 49.2. The Labute approximate surface area is 180 Å². The van der Waals surface area contributed by atoms with E-state index >= 15 is 0 Å². The molecule has 0 heterocycles. The van der Waals surface area contributed by atoms with Gasteiger partial charge in [-0.05, 0) is 29.7 Å². The molecule has 1 amide bonds. The van der Waals surface area contributed by atoms with E-state index in [1.54, 1.807) is 30.3 Å². The van der Waals surface area contributed by atoms with Crippen LogP contribution in [0.25, 0.3) is 0 Å². The fourth-order valence-corrected chi connectivity index (χ4v) is 2.82. The Balaban J connectivity index is 2.36. The third-order valence-corrected chi connectivity index (χ3v) is 4.23. The van der Waals surface area contributed by atoms with Gasteiger partial charge in [0.2, 0.25) is 5.91 Å². The summed E-state index contributed by atoms with van der Waals surface area (Å²) in [5.74, 6) is -2.47. The lowest BCUT2D eigenvalue weighted by molar-refractivity contribution is -0.139. The molecule has 0 radical (unpaired) electrons. The number of amides is 1. The molecule has 0 spiro atoms. The van der Waals surface area contributed by atoms with E-state index in [2.05, 4.69) is 14.8 Å². The average Bonchev–Trinajstić information content (AvgIpc) is 2.76. The van der Waals surface area contributed by atoms with E-state index in [9.17, 15) is 19.2 Å². The molecule has 8 nitrogen and oxygen atoms in total. The third kappa shape index (κ3) is 6.67. The normalized spacial score (nSPS) is 11.4. The SMILES string of the molecule is COC(=O)c1cc(OC(=O)C(NC(=O)CC(C)C)c2ccccc2)cc(C(=O)OC)c1. The van der Waals surface area contributed by atoms with Crippen molar-refractivity contribution in [2.75, 3.05) is 14.2 Å². The highest BCUT2D eigenvalue weighted by Gasteiger charge is 2.26. The zero-order valence-electron chi connectivity index (χ0n) is 17.8. The van der Waals surface area contributed by atoms with Crippen LogP contribution in [-0.2, 0) is 19.1 Å². The zero-order chi connectivity index (χ0) is 23.0. The predicted octanol–water partition coefficient (Wildman–Crippen LogP) is 3.07. The molecular formula is C23H25NO7. The van der Waals surface area contributed by atoms with Gasteiger partial charge in [0.25, 0.3) is 0 Å². The summed E-state index contributed by atoms with van der Waals surface area (Å²) in [7, 11) is 2.38. The lowest BCUT2D eigenvalue weighted by Gasteiger charge is -2.19. The van der Waals surface area contributed by atoms with Gasteiger partial charge < -0.3 is 19.5 Å². The van der Waals surface area contributed by atoms with Crippen LogP contribution in [0.5, 0.6) is 5.75 Å². The second kappa shape index (κ2) is 10.9. The number of nitrogens with one attached hydrogen (secondary N) is 1. The number of hydrogen-bond acceptors (Lipinski definition) is 7. The van der Waals surface area contributed by atoms with E-state index in [0.717, 1.165) is 0 Å². The van der Waals surface area contributed by atoms with Crippen molar-refractivity contribution in [1.29, 1.82) is 0 Å². The monoisotopic (exact) mass is 427 g/mol. The molecule has 0 aromatic heterocycles. The van der Waals surface area contributed by atoms with Crippen LogP contribution in [-0.4, -0.2) is 38.0 Å². The van der Waals surface area contributed by atoms with Crippen LogP contribution in [0.15, 0.2) is 48.5 Å². The van der Waals surface area contributed by atoms with Crippen molar-refractivity contribution in [3.63, 3.8) is 0 Å². The first kappa shape index (κ1) is 23.6. The summed E-state index contributed by atoms with van der Waals surface area (Å²) in [6, 6.07) is 11.4. The molecule has 8 heteroatoms. The first-order valence-corrected chi connectivity index (χ1v) is 9.62. The molecule has 1 unspecified atom stereocenters. The lowest BCUT2D eigenvalue weighted by Crippen LogP contribution is -2.36. The first-order chi connectivity index (χ1) is 14.7. The molecule has 1 atom stereocenters. The van der Waals surface area contributed by atoms with Crippen molar-refractivity contribution in [2.45, 2.75) is 26.3 Å². The number of esters is 3. The third-order valence-electron chi connectivity index (χ3n) is 4.23. The van der Waals surface area contributed by atoms with Gasteiger partial charge in [-0.15, -0.1) is 0 Å². The Hall–Kier alpha value is -3.68. The molecule has 0 aliphatic rings. The largest absolute Gasteiger partial charge is 0.465 e. The standard InChI is InChI=1S/C23H25NO7/c1-14(2)10-19(25)24-20(15-8-6-5-7-9-15)23(28)31-18-12-16(21(26)29-3)11-17(13-18)22(27)30-4/h5-9,11-14,20H,10H2,1-4H3,(H,24,25). The van der Waals surface area contributed by atoms with Crippen LogP contribution < -0.4 is 10.1 Å². The second-order valence-corrected chi connectivity index (χ2v) is 7.16. The molecular weight excluding hydrogens is 402 g/mol. The van der Waals surface area contributed by atoms with Gasteiger partial charge in [0, 0.05) is 6.42 Å². The molecule has 0 saturated heterocycles. The number of ether oxygens (including phenoxy) is 3. The highest BCUT2D eigenvalue weighted by Crippen LogP contribution is 2.22. The molecule has 0 aliphatic heterocycles. The summed E-state index contributed by atoms with van der Waals surface area (Å²) in [5.41, 5.74) is 0.545. The molecule has 1 N–H and O–H groups in total. The van der Waals surface area contributed by atoms with Gasteiger partial charge >= 0.3 is 17.9 Å². The Kier molecular flexibility index (Phi) is 8.31. The molecule has 0 aliphatic carbocycles. The van der Waals surface area contributed by atoms with Gasteiger partial charge in [-0.1, -0.05) is 44.2 Å². The molecule has 2 rings (SSSR count). The van der Waals surface area contributed by atoms with Crippen LogP contribution in [0.4, 0.5) is 0 Å². The van der Waals surface area contributed by atoms with Gasteiger partial charge in [0.1, 0.15) is 5.75 Å². The van der Waals surface area contributed by atoms with Crippen LogP contribution in [0.3, 0.4) is 0 Å². The Bertz CT molecular complexity index is 919. The lowest BCUT2D eigenvalue weighted by atomic mass is 10.1. The van der Waals surface area contributed by atoms with Crippen molar-refractivity contribution in [1.82, 2.24) is 5.32 Å². The summed E-state index contributed by atoms with van der Waals surface area (Å²) in [6.07, 6.45) is 0.237. The number of carbonyl (C=O) groups is 4. The second-order valence-electron chi connectivity index (χ2n) is 7.16. The minimum absolute atomic E-state index is 0.00769. The van der Waals surface area contributed by atoms with Crippen LogP contribution in [0, 0.1) is 5.92 Å². The van der Waals surface area contributed by atoms with E-state index in [-0.39, 0.29) is 35.1 Å². The smallest absolute Gasteiger partial charge is 0.338 e. The highest BCUT2D eigenvalue weighted by molar-refractivity contribution is 5.96. The molecule has 0 bridgehead atoms. The molecule has 31 heavy (non-hydrogen) atoms. The number of hydrogen-bond donors (Lipinski definition) is 1. The van der Waals surface area contributed by atoms with Gasteiger partial charge in [0.05, 0.1) is 25.3 Å². The fraction of sp³-hybridized carbons (Fsp3) is 0.304. The Morgan fingerprint density at radius 1 is 0.871 bits per heavy atom. The van der Waals surface area contributed by atoms with Crippen molar-refractivity contribution in [3.05, 3.63) is 65.2 Å². The minimum Gasteiger partial charge on any atom is -0.465 e. The van der Waals surface area contributed by atoms with Crippen molar-refractivity contribution in [2.24, 2.45) is 5.92 Å². The molecule has 0 saturated carbocycles. The zero-order valence-corrected chi connectivity index (χ0v) is 17.8. The summed E-state index contributed by atoms with van der Waals surface area (Å²) in [5, 5.41) is 2.69. The molecule has 164 valence electrons. The van der Waals surface area contributed by atoms with Crippen molar-refractivity contribution < 1.29 is 33.4 Å². The van der Waals surface area contributed by atoms with Gasteiger partial charge in [-0.2, -0.15) is 0 Å². The average molecular weight is 427 g/mol. The van der Waals surface area contributed by atoms with Crippen molar-refractivity contribution >= 4 is 23.8 Å². The van der Waals surface area contributed by atoms with E-state index in [1.807, 2.05) is 13.8 Å². The number of benzene rings is 2. The van der Waals surface area contributed by atoms with Crippen LogP contribution in [0.1, 0.15) is 52.6 Å². The Morgan fingerprint density at radius 3 is 1.90 bits per heavy atom. The highest BCUT2D eigenvalue weighted by atomic mass is 16.5. The summed E-state index contributed by atoms with van der Waals surface area (Å²) >= 11 is 0. The molecule has 2 aromatic carbocycles. The van der Waals surface area contributed by atoms with Gasteiger partial charge in [-0.3, -0.25) is 4.79 Å². The number of rotatable bonds is 8. The number of carbonyl (C=O) groups excluding carboxylic acids is 4. The first-order valence-electron chi connectivity index (χ1n) is 9.62. The predicted molar refractivity (Wildman–Crippen MR) is 112 cm³/mol. The maximum atomic E-state index is 13.0. The fourth-order valence-electron chi connectivity index (χ4n) is 2.82. The van der Waals surface area contributed by atoms with Gasteiger partial charge in [-0.25, -0.2) is 14.4 Å². The maximum absolute atomic E-state index is 13.0. The summed E-state index contributed by atoms with van der Waals surface area (Å²) in [6.45, 7) is 3.78. The van der Waals surface area contributed by atoms with Gasteiger partial charge in [0.15, 0.2) is 6.04 Å². The topological polar surface area (TPSA) is 108 Å². The minimum atomic E-state index is -1.07. The van der Waals surface area contributed by atoms with Crippen LogP contribution in [0.2, 0.25) is 0 Å². The van der Waals surface area contributed by atoms with Crippen molar-refractivity contribution in [3.8, 4) is 5.75 Å². The van der Waals surface area contributed by atoms with E-state index in [1.165, 1.54) is 32.4 Å². The maximum Gasteiger partial charge on any atom is 0.338 e. The Morgan fingerprint density at radius 2 is 1.42 bits per heavy atom. The van der Waals surface area contributed by atoms with E-state index < -0.39 is 23.9 Å². The number of methoxy groups -OCH3 is 2. The molecule has 2 aromatic rings. The van der Waals surface area contributed by atoms with Crippen LogP contribution >= 0.6 is 0 Å².